The Balaban J connectivity index is 1.65. The Morgan fingerprint density at radius 1 is 1.22 bits per heavy atom. The molecule has 122 valence electrons. The molecule has 2 saturated carbocycles. The SMILES string of the molecule is CC(=O)Oc1ccc2c(c1)CC[C@H]1[C@H]3CCC(=O)[C@]3(C)CC[C@@H]21. The van der Waals surface area contributed by atoms with Crippen LogP contribution in [0.4, 0.5) is 0 Å². The van der Waals surface area contributed by atoms with Crippen LogP contribution in [0.5, 0.6) is 5.75 Å². The standard InChI is InChI=1S/C20H24O3/c1-12(21)23-14-4-6-15-13(11-14)3-5-17-16(15)9-10-20(2)18(17)7-8-19(20)22/h4,6,11,16-18H,3,5,7-10H2,1-2H3/t16-,17+,18+,20+/m0/s1. The van der Waals surface area contributed by atoms with Gasteiger partial charge in [0.05, 0.1) is 0 Å². The fourth-order valence-corrected chi connectivity index (χ4v) is 5.56. The number of ether oxygens (including phenoxy) is 1. The van der Waals surface area contributed by atoms with Gasteiger partial charge in [-0.25, -0.2) is 0 Å². The van der Waals surface area contributed by atoms with E-state index in [0.29, 0.717) is 29.3 Å². The molecule has 3 aliphatic rings. The number of fused-ring (bicyclic) bond motifs is 5. The van der Waals surface area contributed by atoms with Crippen LogP contribution in [0.15, 0.2) is 18.2 Å². The van der Waals surface area contributed by atoms with Crippen molar-refractivity contribution in [2.75, 3.05) is 0 Å². The van der Waals surface area contributed by atoms with Gasteiger partial charge in [0.25, 0.3) is 0 Å². The summed E-state index contributed by atoms with van der Waals surface area (Å²) in [5.41, 5.74) is 2.70. The lowest BCUT2D eigenvalue weighted by molar-refractivity contribution is -0.132. The van der Waals surface area contributed by atoms with E-state index in [0.717, 1.165) is 38.5 Å². The number of rotatable bonds is 1. The van der Waals surface area contributed by atoms with Crippen molar-refractivity contribution in [2.45, 2.75) is 58.3 Å². The molecule has 23 heavy (non-hydrogen) atoms. The zero-order valence-corrected chi connectivity index (χ0v) is 13.9. The minimum atomic E-state index is -0.267. The van der Waals surface area contributed by atoms with Crippen LogP contribution in [0.25, 0.3) is 0 Å². The van der Waals surface area contributed by atoms with E-state index in [1.165, 1.54) is 18.1 Å². The smallest absolute Gasteiger partial charge is 0.308 e. The van der Waals surface area contributed by atoms with Gasteiger partial charge in [0.1, 0.15) is 11.5 Å². The summed E-state index contributed by atoms with van der Waals surface area (Å²) >= 11 is 0. The summed E-state index contributed by atoms with van der Waals surface area (Å²) in [6, 6.07) is 6.13. The fraction of sp³-hybridized carbons (Fsp3) is 0.600. The summed E-state index contributed by atoms with van der Waals surface area (Å²) in [6.45, 7) is 3.65. The topological polar surface area (TPSA) is 43.4 Å². The van der Waals surface area contributed by atoms with Gasteiger partial charge in [-0.2, -0.15) is 0 Å². The van der Waals surface area contributed by atoms with E-state index < -0.39 is 0 Å². The largest absolute Gasteiger partial charge is 0.427 e. The highest BCUT2D eigenvalue weighted by Gasteiger charge is 2.54. The van der Waals surface area contributed by atoms with Crippen LogP contribution < -0.4 is 4.74 Å². The van der Waals surface area contributed by atoms with Crippen LogP contribution in [0, 0.1) is 17.3 Å². The first-order chi connectivity index (χ1) is 11.0. The Morgan fingerprint density at radius 3 is 2.83 bits per heavy atom. The van der Waals surface area contributed by atoms with Crippen molar-refractivity contribution >= 4 is 11.8 Å². The molecule has 0 bridgehead atoms. The van der Waals surface area contributed by atoms with E-state index in [1.54, 1.807) is 0 Å². The minimum absolute atomic E-state index is 0.0592. The lowest BCUT2D eigenvalue weighted by Gasteiger charge is -2.48. The molecule has 1 aromatic carbocycles. The second-order valence-corrected chi connectivity index (χ2v) is 7.79. The second kappa shape index (κ2) is 5.19. The molecule has 0 amide bonds. The normalized spacial score (nSPS) is 35.2. The molecule has 3 nitrogen and oxygen atoms in total. The van der Waals surface area contributed by atoms with Gasteiger partial charge in [-0.15, -0.1) is 0 Å². The van der Waals surface area contributed by atoms with Crippen molar-refractivity contribution in [2.24, 2.45) is 17.3 Å². The third-order valence-corrected chi connectivity index (χ3v) is 6.67. The molecule has 0 N–H and O–H groups in total. The summed E-state index contributed by atoms with van der Waals surface area (Å²) in [6.07, 6.45) is 6.20. The first-order valence-electron chi connectivity index (χ1n) is 8.83. The monoisotopic (exact) mass is 312 g/mol. The van der Waals surface area contributed by atoms with E-state index in [1.807, 2.05) is 12.1 Å². The average Bonchev–Trinajstić information content (AvgIpc) is 2.82. The Hall–Kier alpha value is -1.64. The van der Waals surface area contributed by atoms with Gasteiger partial charge in [0, 0.05) is 18.8 Å². The lowest BCUT2D eigenvalue weighted by atomic mass is 9.55. The predicted molar refractivity (Wildman–Crippen MR) is 87.4 cm³/mol. The summed E-state index contributed by atoms with van der Waals surface area (Å²) in [7, 11) is 0. The molecule has 0 spiro atoms. The van der Waals surface area contributed by atoms with Gasteiger partial charge in [-0.3, -0.25) is 9.59 Å². The molecule has 3 heteroatoms. The number of hydrogen-bond acceptors (Lipinski definition) is 3. The Morgan fingerprint density at radius 2 is 2.04 bits per heavy atom. The van der Waals surface area contributed by atoms with Gasteiger partial charge in [0.2, 0.25) is 0 Å². The summed E-state index contributed by atoms with van der Waals surface area (Å²) in [4.78, 5) is 23.5. The molecule has 1 aromatic rings. The van der Waals surface area contributed by atoms with E-state index in [2.05, 4.69) is 13.0 Å². The molecular formula is C20H24O3. The highest BCUT2D eigenvalue weighted by atomic mass is 16.5. The molecule has 0 saturated heterocycles. The molecule has 0 aliphatic heterocycles. The summed E-state index contributed by atoms with van der Waals surface area (Å²) in [5, 5.41) is 0. The third-order valence-electron chi connectivity index (χ3n) is 6.67. The first-order valence-corrected chi connectivity index (χ1v) is 8.83. The zero-order chi connectivity index (χ0) is 16.2. The average molecular weight is 312 g/mol. The quantitative estimate of drug-likeness (QED) is 0.580. The van der Waals surface area contributed by atoms with E-state index in [-0.39, 0.29) is 11.4 Å². The van der Waals surface area contributed by atoms with Crippen LogP contribution in [0.1, 0.15) is 63.0 Å². The number of hydrogen-bond donors (Lipinski definition) is 0. The maximum absolute atomic E-state index is 12.3. The lowest BCUT2D eigenvalue weighted by Crippen LogP contribution is -2.42. The van der Waals surface area contributed by atoms with E-state index >= 15 is 0 Å². The minimum Gasteiger partial charge on any atom is -0.427 e. The Labute approximate surface area is 137 Å². The maximum Gasteiger partial charge on any atom is 0.308 e. The number of aryl methyl sites for hydroxylation is 1. The molecule has 4 rings (SSSR count). The number of esters is 1. The molecule has 0 unspecified atom stereocenters. The van der Waals surface area contributed by atoms with Crippen LogP contribution in [0.3, 0.4) is 0 Å². The van der Waals surface area contributed by atoms with Crippen LogP contribution in [-0.2, 0) is 16.0 Å². The second-order valence-electron chi connectivity index (χ2n) is 7.79. The molecule has 0 heterocycles. The van der Waals surface area contributed by atoms with Crippen molar-refractivity contribution in [3.05, 3.63) is 29.3 Å². The Bertz CT molecular complexity index is 677. The highest BCUT2D eigenvalue weighted by Crippen LogP contribution is 2.59. The summed E-state index contributed by atoms with van der Waals surface area (Å²) < 4.78 is 5.23. The molecular weight excluding hydrogens is 288 g/mol. The first kappa shape index (κ1) is 14.9. The maximum atomic E-state index is 12.3. The van der Waals surface area contributed by atoms with Crippen molar-refractivity contribution in [1.82, 2.24) is 0 Å². The molecule has 0 radical (unpaired) electrons. The Kier molecular flexibility index (Phi) is 3.36. The highest BCUT2D eigenvalue weighted by molar-refractivity contribution is 5.87. The number of Topliss-reactive ketones (excluding diaryl/α,β-unsaturated/α-hetero) is 1. The van der Waals surface area contributed by atoms with Gasteiger partial charge in [-0.1, -0.05) is 13.0 Å². The van der Waals surface area contributed by atoms with E-state index in [9.17, 15) is 9.59 Å². The number of carbonyl (C=O) groups excluding carboxylic acids is 2. The van der Waals surface area contributed by atoms with Crippen molar-refractivity contribution in [3.8, 4) is 5.75 Å². The molecule has 2 fully saturated rings. The number of ketones is 1. The van der Waals surface area contributed by atoms with E-state index in [4.69, 9.17) is 4.74 Å². The van der Waals surface area contributed by atoms with Gasteiger partial charge >= 0.3 is 5.97 Å². The van der Waals surface area contributed by atoms with Crippen LogP contribution in [0.2, 0.25) is 0 Å². The van der Waals surface area contributed by atoms with Crippen molar-refractivity contribution < 1.29 is 14.3 Å². The molecule has 4 atom stereocenters. The van der Waals surface area contributed by atoms with Crippen LogP contribution >= 0.6 is 0 Å². The predicted octanol–water partition coefficient (Wildman–Crippen LogP) is 4.04. The fourth-order valence-electron chi connectivity index (χ4n) is 5.56. The van der Waals surface area contributed by atoms with Gasteiger partial charge in [-0.05, 0) is 73.1 Å². The zero-order valence-electron chi connectivity index (χ0n) is 13.9. The number of carbonyl (C=O) groups is 2. The van der Waals surface area contributed by atoms with Crippen molar-refractivity contribution in [3.63, 3.8) is 0 Å². The van der Waals surface area contributed by atoms with Crippen LogP contribution in [-0.4, -0.2) is 11.8 Å². The molecule has 0 aromatic heterocycles. The number of benzene rings is 1. The summed E-state index contributed by atoms with van der Waals surface area (Å²) in [5.74, 6) is 2.68. The third kappa shape index (κ3) is 2.24. The van der Waals surface area contributed by atoms with Crippen molar-refractivity contribution in [1.29, 1.82) is 0 Å². The van der Waals surface area contributed by atoms with Gasteiger partial charge in [0.15, 0.2) is 0 Å². The molecule has 3 aliphatic carbocycles. The van der Waals surface area contributed by atoms with Gasteiger partial charge < -0.3 is 4.74 Å².